The van der Waals surface area contributed by atoms with Gasteiger partial charge in [-0.3, -0.25) is 0 Å². The molecule has 0 amide bonds. The van der Waals surface area contributed by atoms with Crippen LogP contribution in [0.2, 0.25) is 0 Å². The lowest BCUT2D eigenvalue weighted by atomic mass is 10.1. The summed E-state index contributed by atoms with van der Waals surface area (Å²) in [6.45, 7) is 0.175. The van der Waals surface area contributed by atoms with Crippen molar-refractivity contribution >= 4 is 16.7 Å². The molecular formula is C18H14O3. The van der Waals surface area contributed by atoms with Crippen LogP contribution in [0.15, 0.2) is 66.7 Å². The summed E-state index contributed by atoms with van der Waals surface area (Å²) in [4.78, 5) is 12.0. The van der Waals surface area contributed by atoms with Gasteiger partial charge in [0.05, 0.1) is 0 Å². The number of phenolic OH excluding ortho intramolecular Hbond substituents is 1. The van der Waals surface area contributed by atoms with Crippen molar-refractivity contribution in [2.45, 2.75) is 6.61 Å². The number of phenols is 1. The van der Waals surface area contributed by atoms with Crippen LogP contribution in [0.1, 0.15) is 15.9 Å². The highest BCUT2D eigenvalue weighted by Crippen LogP contribution is 2.21. The van der Waals surface area contributed by atoms with Crippen LogP contribution >= 0.6 is 0 Å². The standard InChI is InChI=1S/C18H14O3/c19-17-11-4-3-10-16(17)18(20)21-12-14-8-5-7-13-6-1-2-9-15(13)14/h1-11,19H,12H2. The van der Waals surface area contributed by atoms with Crippen LogP contribution in [0.4, 0.5) is 0 Å². The lowest BCUT2D eigenvalue weighted by Gasteiger charge is -2.08. The van der Waals surface area contributed by atoms with E-state index >= 15 is 0 Å². The highest BCUT2D eigenvalue weighted by molar-refractivity contribution is 5.92. The third kappa shape index (κ3) is 2.72. The molecular weight excluding hydrogens is 264 g/mol. The third-order valence-corrected chi connectivity index (χ3v) is 3.36. The van der Waals surface area contributed by atoms with E-state index in [2.05, 4.69) is 0 Å². The Morgan fingerprint density at radius 1 is 0.905 bits per heavy atom. The van der Waals surface area contributed by atoms with Gasteiger partial charge in [-0.1, -0.05) is 54.6 Å². The zero-order valence-electron chi connectivity index (χ0n) is 11.3. The van der Waals surface area contributed by atoms with Crippen LogP contribution in [-0.2, 0) is 11.3 Å². The van der Waals surface area contributed by atoms with E-state index in [0.29, 0.717) is 0 Å². The number of esters is 1. The molecule has 21 heavy (non-hydrogen) atoms. The maximum Gasteiger partial charge on any atom is 0.342 e. The second-order valence-electron chi connectivity index (χ2n) is 4.73. The average molecular weight is 278 g/mol. The number of fused-ring (bicyclic) bond motifs is 1. The molecule has 3 rings (SSSR count). The fourth-order valence-corrected chi connectivity index (χ4v) is 2.29. The van der Waals surface area contributed by atoms with E-state index in [0.717, 1.165) is 16.3 Å². The van der Waals surface area contributed by atoms with Crippen molar-refractivity contribution in [2.24, 2.45) is 0 Å². The molecule has 104 valence electrons. The fourth-order valence-electron chi connectivity index (χ4n) is 2.29. The van der Waals surface area contributed by atoms with E-state index in [1.807, 2.05) is 42.5 Å². The zero-order chi connectivity index (χ0) is 14.7. The largest absolute Gasteiger partial charge is 0.507 e. The van der Waals surface area contributed by atoms with E-state index in [1.54, 1.807) is 18.2 Å². The number of rotatable bonds is 3. The van der Waals surface area contributed by atoms with Gasteiger partial charge in [-0.15, -0.1) is 0 Å². The summed E-state index contributed by atoms with van der Waals surface area (Å²) in [7, 11) is 0. The summed E-state index contributed by atoms with van der Waals surface area (Å²) in [6, 6.07) is 20.2. The van der Waals surface area contributed by atoms with E-state index in [1.165, 1.54) is 6.07 Å². The Bertz CT molecular complexity index is 788. The maximum absolute atomic E-state index is 12.0. The first-order valence-corrected chi connectivity index (χ1v) is 6.67. The van der Waals surface area contributed by atoms with Crippen molar-refractivity contribution in [3.63, 3.8) is 0 Å². The Morgan fingerprint density at radius 3 is 2.48 bits per heavy atom. The molecule has 0 aromatic heterocycles. The Kier molecular flexibility index (Phi) is 3.56. The zero-order valence-corrected chi connectivity index (χ0v) is 11.3. The Morgan fingerprint density at radius 2 is 1.62 bits per heavy atom. The first-order chi connectivity index (χ1) is 10.3. The van der Waals surface area contributed by atoms with Gasteiger partial charge in [-0.05, 0) is 28.5 Å². The second-order valence-corrected chi connectivity index (χ2v) is 4.73. The van der Waals surface area contributed by atoms with Crippen LogP contribution in [0, 0.1) is 0 Å². The van der Waals surface area contributed by atoms with Crippen LogP contribution in [-0.4, -0.2) is 11.1 Å². The molecule has 3 heteroatoms. The van der Waals surface area contributed by atoms with Crippen molar-refractivity contribution in [1.29, 1.82) is 0 Å². The first kappa shape index (κ1) is 13.2. The lowest BCUT2D eigenvalue weighted by molar-refractivity contribution is 0.0471. The molecule has 3 aromatic rings. The molecule has 0 bridgehead atoms. The third-order valence-electron chi connectivity index (χ3n) is 3.36. The summed E-state index contributed by atoms with van der Waals surface area (Å²) in [5.41, 5.74) is 1.12. The minimum Gasteiger partial charge on any atom is -0.507 e. The summed E-state index contributed by atoms with van der Waals surface area (Å²) in [5.74, 6) is -0.596. The van der Waals surface area contributed by atoms with Crippen molar-refractivity contribution in [3.05, 3.63) is 77.9 Å². The highest BCUT2D eigenvalue weighted by Gasteiger charge is 2.12. The van der Waals surface area contributed by atoms with Gasteiger partial charge in [0.25, 0.3) is 0 Å². The molecule has 1 N–H and O–H groups in total. The molecule has 0 radical (unpaired) electrons. The minimum absolute atomic E-state index is 0.0691. The van der Waals surface area contributed by atoms with E-state index < -0.39 is 5.97 Å². The molecule has 0 aliphatic rings. The molecule has 0 aliphatic heterocycles. The van der Waals surface area contributed by atoms with Gasteiger partial charge in [-0.25, -0.2) is 4.79 Å². The molecule has 3 aromatic carbocycles. The van der Waals surface area contributed by atoms with Crippen LogP contribution in [0.3, 0.4) is 0 Å². The second kappa shape index (κ2) is 5.67. The number of carbonyl (C=O) groups excluding carboxylic acids is 1. The van der Waals surface area contributed by atoms with Gasteiger partial charge in [0, 0.05) is 0 Å². The van der Waals surface area contributed by atoms with Crippen LogP contribution in [0.5, 0.6) is 5.75 Å². The summed E-state index contributed by atoms with van der Waals surface area (Å²) in [5, 5.41) is 11.8. The predicted octanol–water partition coefficient (Wildman–Crippen LogP) is 3.90. The number of hydrogen-bond donors (Lipinski definition) is 1. The average Bonchev–Trinajstić information content (AvgIpc) is 2.53. The first-order valence-electron chi connectivity index (χ1n) is 6.67. The highest BCUT2D eigenvalue weighted by atomic mass is 16.5. The molecule has 0 heterocycles. The number of hydrogen-bond acceptors (Lipinski definition) is 3. The monoisotopic (exact) mass is 278 g/mol. The van der Waals surface area contributed by atoms with Gasteiger partial charge in [0.15, 0.2) is 0 Å². The van der Waals surface area contributed by atoms with Gasteiger partial charge in [-0.2, -0.15) is 0 Å². The Balaban J connectivity index is 1.81. The summed E-state index contributed by atoms with van der Waals surface area (Å²) >= 11 is 0. The van der Waals surface area contributed by atoms with Crippen LogP contribution < -0.4 is 0 Å². The van der Waals surface area contributed by atoms with Gasteiger partial charge >= 0.3 is 5.97 Å². The Labute approximate surface area is 122 Å². The molecule has 0 fully saturated rings. The van der Waals surface area contributed by atoms with Gasteiger partial charge in [0.2, 0.25) is 0 Å². The molecule has 0 aliphatic carbocycles. The summed E-state index contributed by atoms with van der Waals surface area (Å²) in [6.07, 6.45) is 0. The molecule has 0 saturated heterocycles. The van der Waals surface area contributed by atoms with Crippen molar-refractivity contribution < 1.29 is 14.6 Å². The molecule has 0 atom stereocenters. The quantitative estimate of drug-likeness (QED) is 0.739. The Hall–Kier alpha value is -2.81. The molecule has 0 unspecified atom stereocenters. The number of para-hydroxylation sites is 1. The number of benzene rings is 3. The molecule has 3 nitrogen and oxygen atoms in total. The smallest absolute Gasteiger partial charge is 0.342 e. The topological polar surface area (TPSA) is 46.5 Å². The normalized spacial score (nSPS) is 10.5. The predicted molar refractivity (Wildman–Crippen MR) is 81.2 cm³/mol. The molecule has 0 spiro atoms. The van der Waals surface area contributed by atoms with E-state index in [-0.39, 0.29) is 17.9 Å². The van der Waals surface area contributed by atoms with Gasteiger partial charge < -0.3 is 9.84 Å². The lowest BCUT2D eigenvalue weighted by Crippen LogP contribution is -2.05. The summed E-state index contributed by atoms with van der Waals surface area (Å²) < 4.78 is 5.30. The van der Waals surface area contributed by atoms with Crippen LogP contribution in [0.25, 0.3) is 10.8 Å². The number of aromatic hydroxyl groups is 1. The SMILES string of the molecule is O=C(OCc1cccc2ccccc12)c1ccccc1O. The fraction of sp³-hybridized carbons (Fsp3) is 0.0556. The van der Waals surface area contributed by atoms with Crippen molar-refractivity contribution in [3.8, 4) is 5.75 Å². The van der Waals surface area contributed by atoms with Gasteiger partial charge in [0.1, 0.15) is 17.9 Å². The molecule has 0 saturated carbocycles. The number of carbonyl (C=O) groups is 1. The van der Waals surface area contributed by atoms with E-state index in [4.69, 9.17) is 4.74 Å². The van der Waals surface area contributed by atoms with Crippen molar-refractivity contribution in [2.75, 3.05) is 0 Å². The maximum atomic E-state index is 12.0. The van der Waals surface area contributed by atoms with E-state index in [9.17, 15) is 9.90 Å². The minimum atomic E-state index is -0.527. The van der Waals surface area contributed by atoms with Crippen molar-refractivity contribution in [1.82, 2.24) is 0 Å². The number of ether oxygens (including phenoxy) is 1.